The van der Waals surface area contributed by atoms with E-state index in [0.717, 1.165) is 0 Å². The van der Waals surface area contributed by atoms with Crippen molar-refractivity contribution in [3.05, 3.63) is 0 Å². The van der Waals surface area contributed by atoms with E-state index in [1.807, 2.05) is 0 Å². The Morgan fingerprint density at radius 1 is 0.697 bits per heavy atom. The molecule has 0 spiro atoms. The first-order chi connectivity index (χ1) is 15.4. The standard InChI is InChI=1S/C18H32O15/c1-4-7(21)9(23)11(25)15(30-4)18(29)14(27)8(22)5(2-19)32-17(18)33-13-6(3-20)31-16(28)12(26)10(13)24/h4-17,19-29H,2-3H2,1H3/t4-,5+,6+,7+,8-,9+,10+,11-,12+,13+,14-,15+,16+,17-,18-/m0/s1. The molecule has 0 aromatic heterocycles. The van der Waals surface area contributed by atoms with Gasteiger partial charge in [0, 0.05) is 0 Å². The molecule has 3 aliphatic rings. The van der Waals surface area contributed by atoms with Crippen LogP contribution in [0, 0.1) is 0 Å². The fraction of sp³-hybridized carbons (Fsp3) is 1.00. The fourth-order valence-corrected chi connectivity index (χ4v) is 4.37. The lowest BCUT2D eigenvalue weighted by Crippen LogP contribution is -2.77. The molecular weight excluding hydrogens is 456 g/mol. The van der Waals surface area contributed by atoms with Gasteiger partial charge in [-0.1, -0.05) is 0 Å². The second-order valence-electron chi connectivity index (χ2n) is 8.57. The topological polar surface area (TPSA) is 259 Å². The summed E-state index contributed by atoms with van der Waals surface area (Å²) in [5.74, 6) is 0. The third-order valence-corrected chi connectivity index (χ3v) is 6.46. The highest BCUT2D eigenvalue weighted by Crippen LogP contribution is 2.41. The van der Waals surface area contributed by atoms with Crippen LogP contribution in [0.25, 0.3) is 0 Å². The third kappa shape index (κ3) is 4.53. The Labute approximate surface area is 187 Å². The van der Waals surface area contributed by atoms with E-state index in [1.165, 1.54) is 6.92 Å². The number of rotatable bonds is 5. The van der Waals surface area contributed by atoms with Gasteiger partial charge in [0.05, 0.1) is 19.3 Å². The largest absolute Gasteiger partial charge is 0.394 e. The first-order valence-corrected chi connectivity index (χ1v) is 10.4. The summed E-state index contributed by atoms with van der Waals surface area (Å²) in [6.07, 6.45) is -25.3. The molecule has 3 aliphatic heterocycles. The summed E-state index contributed by atoms with van der Waals surface area (Å²) in [5, 5.41) is 112. The summed E-state index contributed by atoms with van der Waals surface area (Å²) in [4.78, 5) is 0. The number of ether oxygens (including phenoxy) is 4. The summed E-state index contributed by atoms with van der Waals surface area (Å²) in [7, 11) is 0. The Balaban J connectivity index is 1.99. The molecule has 194 valence electrons. The lowest BCUT2D eigenvalue weighted by atomic mass is 9.76. The molecule has 0 saturated carbocycles. The Morgan fingerprint density at radius 2 is 1.30 bits per heavy atom. The normalized spacial score (nSPS) is 56.0. The molecule has 3 rings (SSSR count). The summed E-state index contributed by atoms with van der Waals surface area (Å²) in [5.41, 5.74) is -2.89. The quantitative estimate of drug-likeness (QED) is 0.172. The minimum absolute atomic E-state index is 0.838. The van der Waals surface area contributed by atoms with Crippen LogP contribution >= 0.6 is 0 Å². The minimum atomic E-state index is -2.89. The van der Waals surface area contributed by atoms with Crippen molar-refractivity contribution in [1.29, 1.82) is 0 Å². The Morgan fingerprint density at radius 3 is 1.88 bits per heavy atom. The number of hydrogen-bond donors (Lipinski definition) is 11. The Hall–Kier alpha value is -0.600. The molecule has 3 heterocycles. The zero-order chi connectivity index (χ0) is 24.8. The van der Waals surface area contributed by atoms with Crippen LogP contribution in [0.4, 0.5) is 0 Å². The van der Waals surface area contributed by atoms with Crippen molar-refractivity contribution in [2.45, 2.75) is 98.4 Å². The van der Waals surface area contributed by atoms with E-state index >= 15 is 0 Å². The van der Waals surface area contributed by atoms with Crippen molar-refractivity contribution in [1.82, 2.24) is 0 Å². The van der Waals surface area contributed by atoms with E-state index in [1.54, 1.807) is 0 Å². The molecule has 0 radical (unpaired) electrons. The Kier molecular flexibility index (Phi) is 8.32. The molecule has 33 heavy (non-hydrogen) atoms. The predicted molar refractivity (Wildman–Crippen MR) is 99.9 cm³/mol. The number of hydrogen-bond acceptors (Lipinski definition) is 15. The molecular formula is C18H32O15. The molecule has 0 unspecified atom stereocenters. The van der Waals surface area contributed by atoms with E-state index in [0.29, 0.717) is 0 Å². The van der Waals surface area contributed by atoms with Gasteiger partial charge >= 0.3 is 0 Å². The van der Waals surface area contributed by atoms with Gasteiger partial charge in [0.15, 0.2) is 18.2 Å². The molecule has 0 amide bonds. The SMILES string of the molecule is C[C@@H]1O[C@@H]([C@]2(O)[C@H](O[C@H]3[C@H](O)[C@@H](O)[C@H](O)O[C@@H]3CO)O[C@H](CO)[C@H](O)[C@@H]2O)[C@@H](O)[C@H](O)[C@@H]1O. The second kappa shape index (κ2) is 10.2. The summed E-state index contributed by atoms with van der Waals surface area (Å²) >= 11 is 0. The average molecular weight is 488 g/mol. The highest BCUT2D eigenvalue weighted by Gasteiger charge is 2.65. The highest BCUT2D eigenvalue weighted by molar-refractivity contribution is 5.11. The molecule has 0 aromatic rings. The van der Waals surface area contributed by atoms with Crippen molar-refractivity contribution in [3.8, 4) is 0 Å². The van der Waals surface area contributed by atoms with Crippen LogP contribution in [-0.2, 0) is 18.9 Å². The van der Waals surface area contributed by atoms with Gasteiger partial charge in [-0.05, 0) is 6.92 Å². The third-order valence-electron chi connectivity index (χ3n) is 6.46. The van der Waals surface area contributed by atoms with Crippen molar-refractivity contribution < 1.29 is 75.1 Å². The van der Waals surface area contributed by atoms with Crippen LogP contribution in [0.15, 0.2) is 0 Å². The molecule has 3 saturated heterocycles. The van der Waals surface area contributed by atoms with Gasteiger partial charge in [0.2, 0.25) is 0 Å². The highest BCUT2D eigenvalue weighted by atomic mass is 16.7. The molecule has 15 atom stereocenters. The van der Waals surface area contributed by atoms with Crippen molar-refractivity contribution in [3.63, 3.8) is 0 Å². The van der Waals surface area contributed by atoms with Crippen LogP contribution in [0.1, 0.15) is 6.92 Å². The zero-order valence-electron chi connectivity index (χ0n) is 17.5. The minimum Gasteiger partial charge on any atom is -0.394 e. The lowest BCUT2D eigenvalue weighted by molar-refractivity contribution is -0.406. The van der Waals surface area contributed by atoms with Crippen LogP contribution in [0.3, 0.4) is 0 Å². The maximum absolute atomic E-state index is 11.5. The number of aliphatic hydroxyl groups excluding tert-OH is 10. The summed E-state index contributed by atoms with van der Waals surface area (Å²) in [6.45, 7) is -0.405. The molecule has 0 aromatic carbocycles. The van der Waals surface area contributed by atoms with Gasteiger partial charge in [0.1, 0.15) is 67.1 Å². The lowest BCUT2D eigenvalue weighted by Gasteiger charge is -2.55. The van der Waals surface area contributed by atoms with E-state index in [-0.39, 0.29) is 0 Å². The first-order valence-electron chi connectivity index (χ1n) is 10.4. The molecule has 0 bridgehead atoms. The predicted octanol–water partition coefficient (Wildman–Crippen LogP) is -7.16. The number of aliphatic hydroxyl groups is 11. The van der Waals surface area contributed by atoms with Crippen molar-refractivity contribution >= 4 is 0 Å². The maximum Gasteiger partial charge on any atom is 0.192 e. The van der Waals surface area contributed by atoms with Gasteiger partial charge in [-0.2, -0.15) is 0 Å². The van der Waals surface area contributed by atoms with Gasteiger partial charge in [-0.25, -0.2) is 0 Å². The maximum atomic E-state index is 11.5. The second-order valence-corrected chi connectivity index (χ2v) is 8.57. The van der Waals surface area contributed by atoms with E-state index in [9.17, 15) is 56.2 Å². The summed E-state index contributed by atoms with van der Waals surface area (Å²) in [6, 6.07) is 0. The monoisotopic (exact) mass is 488 g/mol. The molecule has 0 aliphatic carbocycles. The zero-order valence-corrected chi connectivity index (χ0v) is 17.5. The van der Waals surface area contributed by atoms with Crippen molar-refractivity contribution in [2.24, 2.45) is 0 Å². The van der Waals surface area contributed by atoms with E-state index < -0.39 is 105 Å². The van der Waals surface area contributed by atoms with Gasteiger partial charge in [-0.3, -0.25) is 0 Å². The van der Waals surface area contributed by atoms with E-state index in [4.69, 9.17) is 18.9 Å². The smallest absolute Gasteiger partial charge is 0.192 e. The molecule has 3 fully saturated rings. The molecule has 11 N–H and O–H groups in total. The molecule has 15 nitrogen and oxygen atoms in total. The van der Waals surface area contributed by atoms with Crippen LogP contribution in [0.5, 0.6) is 0 Å². The first kappa shape index (κ1) is 27.0. The molecule has 15 heteroatoms. The van der Waals surface area contributed by atoms with Gasteiger partial charge in [0.25, 0.3) is 0 Å². The Bertz CT molecular complexity index is 650. The van der Waals surface area contributed by atoms with Gasteiger partial charge in [-0.15, -0.1) is 0 Å². The van der Waals surface area contributed by atoms with E-state index in [2.05, 4.69) is 0 Å². The average Bonchev–Trinajstić information content (AvgIpc) is 2.80. The van der Waals surface area contributed by atoms with Gasteiger partial charge < -0.3 is 75.1 Å². The van der Waals surface area contributed by atoms with Crippen LogP contribution in [-0.4, -0.2) is 161 Å². The van der Waals surface area contributed by atoms with Crippen LogP contribution < -0.4 is 0 Å². The summed E-state index contributed by atoms with van der Waals surface area (Å²) < 4.78 is 21.3. The fourth-order valence-electron chi connectivity index (χ4n) is 4.37. The van der Waals surface area contributed by atoms with Crippen LogP contribution in [0.2, 0.25) is 0 Å². The van der Waals surface area contributed by atoms with Crippen molar-refractivity contribution in [2.75, 3.05) is 13.2 Å².